The van der Waals surface area contributed by atoms with Gasteiger partial charge in [-0.2, -0.15) is 0 Å². The van der Waals surface area contributed by atoms with E-state index in [2.05, 4.69) is 27.1 Å². The number of nitrogens with zero attached hydrogens (tertiary/aromatic N) is 3. The molecular weight excluding hydrogens is 262 g/mol. The SMILES string of the molecule is Clc1cc2c(N3CCN4C=CCC4C3)nccc2o1. The number of aromatic nitrogens is 1. The minimum Gasteiger partial charge on any atom is -0.444 e. The Bertz CT molecular complexity index is 651. The second-order valence-electron chi connectivity index (χ2n) is 5.06. The third-order valence-electron chi connectivity index (χ3n) is 3.93. The maximum Gasteiger partial charge on any atom is 0.194 e. The van der Waals surface area contributed by atoms with E-state index in [4.69, 9.17) is 16.0 Å². The third kappa shape index (κ3) is 1.78. The van der Waals surface area contributed by atoms with E-state index >= 15 is 0 Å². The van der Waals surface area contributed by atoms with Gasteiger partial charge in [-0.25, -0.2) is 4.98 Å². The summed E-state index contributed by atoms with van der Waals surface area (Å²) in [7, 11) is 0. The lowest BCUT2D eigenvalue weighted by Crippen LogP contribution is -2.49. The lowest BCUT2D eigenvalue weighted by Gasteiger charge is -2.39. The molecule has 2 aliphatic rings. The number of anilines is 1. The smallest absolute Gasteiger partial charge is 0.194 e. The highest BCUT2D eigenvalue weighted by molar-refractivity contribution is 6.30. The summed E-state index contributed by atoms with van der Waals surface area (Å²) in [5.41, 5.74) is 0.807. The normalized spacial score (nSPS) is 22.3. The lowest BCUT2D eigenvalue weighted by atomic mass is 10.1. The van der Waals surface area contributed by atoms with Crippen molar-refractivity contribution >= 4 is 28.4 Å². The van der Waals surface area contributed by atoms with E-state index in [1.165, 1.54) is 0 Å². The van der Waals surface area contributed by atoms with E-state index in [0.717, 1.165) is 42.8 Å². The van der Waals surface area contributed by atoms with Crippen LogP contribution in [-0.2, 0) is 0 Å². The summed E-state index contributed by atoms with van der Waals surface area (Å²) in [6, 6.07) is 4.30. The highest BCUT2D eigenvalue weighted by atomic mass is 35.5. The van der Waals surface area contributed by atoms with Gasteiger partial charge in [0.25, 0.3) is 0 Å². The van der Waals surface area contributed by atoms with E-state index < -0.39 is 0 Å². The van der Waals surface area contributed by atoms with Crippen LogP contribution in [0.1, 0.15) is 6.42 Å². The minimum atomic E-state index is 0.422. The fraction of sp³-hybridized carbons (Fsp3) is 0.357. The molecule has 0 bridgehead atoms. The van der Waals surface area contributed by atoms with Crippen molar-refractivity contribution in [3.05, 3.63) is 35.8 Å². The van der Waals surface area contributed by atoms with E-state index in [-0.39, 0.29) is 0 Å². The average molecular weight is 276 g/mol. The van der Waals surface area contributed by atoms with Crippen molar-refractivity contribution in [2.24, 2.45) is 0 Å². The van der Waals surface area contributed by atoms with Crippen LogP contribution < -0.4 is 4.90 Å². The van der Waals surface area contributed by atoms with E-state index in [9.17, 15) is 0 Å². The Balaban J connectivity index is 1.70. The van der Waals surface area contributed by atoms with Gasteiger partial charge < -0.3 is 14.2 Å². The molecule has 2 aromatic heterocycles. The summed E-state index contributed by atoms with van der Waals surface area (Å²) < 4.78 is 5.46. The molecule has 2 aromatic rings. The van der Waals surface area contributed by atoms with Gasteiger partial charge in [-0.3, -0.25) is 0 Å². The van der Waals surface area contributed by atoms with Gasteiger partial charge in [-0.15, -0.1) is 0 Å². The first-order valence-electron chi connectivity index (χ1n) is 6.53. The van der Waals surface area contributed by atoms with Crippen LogP contribution in [0.3, 0.4) is 0 Å². The standard InChI is InChI=1S/C14H14ClN3O/c15-13-8-11-12(19-13)3-4-16-14(11)18-7-6-17-5-1-2-10(17)9-18/h1,3-5,8,10H,2,6-7,9H2. The van der Waals surface area contributed by atoms with E-state index in [1.807, 2.05) is 12.1 Å². The molecule has 98 valence electrons. The zero-order chi connectivity index (χ0) is 12.8. The van der Waals surface area contributed by atoms with Gasteiger partial charge >= 0.3 is 0 Å². The Labute approximate surface area is 116 Å². The zero-order valence-corrected chi connectivity index (χ0v) is 11.2. The van der Waals surface area contributed by atoms with Gasteiger partial charge in [0.2, 0.25) is 0 Å². The van der Waals surface area contributed by atoms with Gasteiger partial charge in [-0.05, 0) is 30.3 Å². The third-order valence-corrected chi connectivity index (χ3v) is 4.11. The van der Waals surface area contributed by atoms with Crippen LogP contribution in [0.2, 0.25) is 5.22 Å². The number of fused-ring (bicyclic) bond motifs is 2. The van der Waals surface area contributed by atoms with Gasteiger partial charge in [0.05, 0.1) is 5.39 Å². The molecule has 0 spiro atoms. The highest BCUT2D eigenvalue weighted by Gasteiger charge is 2.28. The summed E-state index contributed by atoms with van der Waals surface area (Å²) in [5.74, 6) is 0.986. The maximum absolute atomic E-state index is 5.95. The van der Waals surface area contributed by atoms with Crippen LogP contribution in [0, 0.1) is 0 Å². The van der Waals surface area contributed by atoms with Gasteiger partial charge in [0.1, 0.15) is 11.4 Å². The van der Waals surface area contributed by atoms with Crippen LogP contribution in [0.4, 0.5) is 5.82 Å². The number of piperazine rings is 1. The van der Waals surface area contributed by atoms with Crippen molar-refractivity contribution in [1.29, 1.82) is 0 Å². The topological polar surface area (TPSA) is 32.5 Å². The molecule has 1 saturated heterocycles. The lowest BCUT2D eigenvalue weighted by molar-refractivity contribution is 0.270. The minimum absolute atomic E-state index is 0.422. The summed E-state index contributed by atoms with van der Waals surface area (Å²) in [5, 5.41) is 1.43. The molecule has 1 fully saturated rings. The first-order chi connectivity index (χ1) is 9.31. The molecule has 1 unspecified atom stereocenters. The first kappa shape index (κ1) is 11.2. The molecule has 0 saturated carbocycles. The number of pyridine rings is 1. The van der Waals surface area contributed by atoms with Crippen LogP contribution in [0.25, 0.3) is 11.0 Å². The van der Waals surface area contributed by atoms with E-state index in [0.29, 0.717) is 11.3 Å². The number of rotatable bonds is 1. The van der Waals surface area contributed by atoms with Crippen molar-refractivity contribution in [1.82, 2.24) is 9.88 Å². The molecule has 0 aliphatic carbocycles. The van der Waals surface area contributed by atoms with Gasteiger partial charge in [-0.1, -0.05) is 6.08 Å². The second-order valence-corrected chi connectivity index (χ2v) is 5.43. The Morgan fingerprint density at radius 1 is 1.37 bits per heavy atom. The Hall–Kier alpha value is -1.68. The van der Waals surface area contributed by atoms with Crippen molar-refractivity contribution in [3.63, 3.8) is 0 Å². The Kier molecular flexibility index (Phi) is 2.45. The molecule has 2 aliphatic heterocycles. The monoisotopic (exact) mass is 275 g/mol. The summed E-state index contributed by atoms with van der Waals surface area (Å²) >= 11 is 5.95. The molecule has 4 rings (SSSR count). The molecule has 4 heterocycles. The predicted molar refractivity (Wildman–Crippen MR) is 75.5 cm³/mol. The summed E-state index contributed by atoms with van der Waals surface area (Å²) in [6.45, 7) is 3.03. The molecule has 19 heavy (non-hydrogen) atoms. The number of hydrogen-bond donors (Lipinski definition) is 0. The van der Waals surface area contributed by atoms with Gasteiger partial charge in [0, 0.05) is 37.9 Å². The molecule has 0 amide bonds. The Morgan fingerprint density at radius 2 is 2.32 bits per heavy atom. The predicted octanol–water partition coefficient (Wildman–Crippen LogP) is 2.89. The van der Waals surface area contributed by atoms with Crippen LogP contribution in [-0.4, -0.2) is 35.6 Å². The van der Waals surface area contributed by atoms with Crippen molar-refractivity contribution in [2.75, 3.05) is 24.5 Å². The first-order valence-corrected chi connectivity index (χ1v) is 6.90. The fourth-order valence-electron chi connectivity index (χ4n) is 2.99. The van der Waals surface area contributed by atoms with Crippen LogP contribution >= 0.6 is 11.6 Å². The quantitative estimate of drug-likeness (QED) is 0.801. The van der Waals surface area contributed by atoms with Crippen LogP contribution in [0.15, 0.2) is 35.0 Å². The summed E-state index contributed by atoms with van der Waals surface area (Å²) in [4.78, 5) is 9.28. The molecule has 4 nitrogen and oxygen atoms in total. The van der Waals surface area contributed by atoms with E-state index in [1.54, 1.807) is 6.20 Å². The summed E-state index contributed by atoms with van der Waals surface area (Å²) in [6.07, 6.45) is 7.37. The van der Waals surface area contributed by atoms with Gasteiger partial charge in [0.15, 0.2) is 5.22 Å². The number of hydrogen-bond acceptors (Lipinski definition) is 4. The maximum atomic E-state index is 5.95. The highest BCUT2D eigenvalue weighted by Crippen LogP contribution is 2.31. The molecule has 1 atom stereocenters. The Morgan fingerprint density at radius 3 is 3.26 bits per heavy atom. The average Bonchev–Trinajstić information content (AvgIpc) is 3.01. The molecule has 5 heteroatoms. The van der Waals surface area contributed by atoms with Crippen molar-refractivity contribution in [2.45, 2.75) is 12.5 Å². The van der Waals surface area contributed by atoms with Crippen molar-refractivity contribution < 1.29 is 4.42 Å². The van der Waals surface area contributed by atoms with Crippen molar-refractivity contribution in [3.8, 4) is 0 Å². The second kappa shape index (κ2) is 4.17. The molecular formula is C14H14ClN3O. The molecule has 0 radical (unpaired) electrons. The molecule has 0 aromatic carbocycles. The number of furan rings is 1. The van der Waals surface area contributed by atoms with Crippen LogP contribution in [0.5, 0.6) is 0 Å². The number of halogens is 1. The zero-order valence-electron chi connectivity index (χ0n) is 10.4. The fourth-order valence-corrected chi connectivity index (χ4v) is 3.18. The molecule has 0 N–H and O–H groups in total. The largest absolute Gasteiger partial charge is 0.444 e.